The summed E-state index contributed by atoms with van der Waals surface area (Å²) >= 11 is 0. The molecule has 1 aliphatic rings. The molecule has 1 unspecified atom stereocenters. The molecule has 1 aromatic rings. The SMILES string of the molecule is CN=C(NCC(C)Oc1ccccc1)N1CCC(C)(C)C1. The molecule has 1 aliphatic heterocycles. The van der Waals surface area contributed by atoms with E-state index in [4.69, 9.17) is 4.74 Å². The van der Waals surface area contributed by atoms with Crippen LogP contribution in [-0.2, 0) is 0 Å². The van der Waals surface area contributed by atoms with Crippen molar-refractivity contribution >= 4 is 5.96 Å². The van der Waals surface area contributed by atoms with Gasteiger partial charge in [-0.1, -0.05) is 32.0 Å². The van der Waals surface area contributed by atoms with Crippen LogP contribution in [0.2, 0.25) is 0 Å². The van der Waals surface area contributed by atoms with E-state index in [2.05, 4.69) is 36.0 Å². The topological polar surface area (TPSA) is 36.9 Å². The third kappa shape index (κ3) is 4.66. The molecule has 21 heavy (non-hydrogen) atoms. The highest BCUT2D eigenvalue weighted by Gasteiger charge is 2.30. The van der Waals surface area contributed by atoms with Gasteiger partial charge in [0.25, 0.3) is 0 Å². The summed E-state index contributed by atoms with van der Waals surface area (Å²) in [7, 11) is 1.84. The van der Waals surface area contributed by atoms with Crippen molar-refractivity contribution in [2.45, 2.75) is 33.3 Å². The summed E-state index contributed by atoms with van der Waals surface area (Å²) in [4.78, 5) is 6.72. The Hall–Kier alpha value is -1.71. The van der Waals surface area contributed by atoms with Gasteiger partial charge in [-0.25, -0.2) is 0 Å². The van der Waals surface area contributed by atoms with Gasteiger partial charge in [-0.15, -0.1) is 0 Å². The summed E-state index contributed by atoms with van der Waals surface area (Å²) in [5.74, 6) is 1.88. The molecule has 0 aliphatic carbocycles. The van der Waals surface area contributed by atoms with Crippen LogP contribution in [0.4, 0.5) is 0 Å². The molecule has 0 spiro atoms. The molecule has 1 heterocycles. The zero-order valence-corrected chi connectivity index (χ0v) is 13.6. The van der Waals surface area contributed by atoms with Crippen LogP contribution in [0, 0.1) is 5.41 Å². The number of hydrogen-bond acceptors (Lipinski definition) is 2. The van der Waals surface area contributed by atoms with E-state index in [0.717, 1.165) is 31.3 Å². The van der Waals surface area contributed by atoms with Crippen LogP contribution >= 0.6 is 0 Å². The number of ether oxygens (including phenoxy) is 1. The molecular weight excluding hydrogens is 262 g/mol. The van der Waals surface area contributed by atoms with Crippen LogP contribution in [0.1, 0.15) is 27.2 Å². The Bertz CT molecular complexity index is 470. The molecule has 4 heteroatoms. The molecule has 0 bridgehead atoms. The average molecular weight is 289 g/mol. The van der Waals surface area contributed by atoms with Crippen LogP contribution < -0.4 is 10.1 Å². The third-order valence-electron chi connectivity index (χ3n) is 3.82. The van der Waals surface area contributed by atoms with Gasteiger partial charge in [0.1, 0.15) is 11.9 Å². The van der Waals surface area contributed by atoms with E-state index >= 15 is 0 Å². The van der Waals surface area contributed by atoms with Gasteiger partial charge in [0.15, 0.2) is 5.96 Å². The average Bonchev–Trinajstić information content (AvgIpc) is 2.81. The molecule has 1 saturated heterocycles. The van der Waals surface area contributed by atoms with Crippen molar-refractivity contribution in [1.82, 2.24) is 10.2 Å². The molecule has 1 aromatic carbocycles. The van der Waals surface area contributed by atoms with Crippen molar-refractivity contribution in [3.63, 3.8) is 0 Å². The quantitative estimate of drug-likeness (QED) is 0.684. The number of rotatable bonds is 4. The molecule has 116 valence electrons. The molecule has 0 amide bonds. The van der Waals surface area contributed by atoms with Crippen molar-refractivity contribution in [2.75, 3.05) is 26.7 Å². The van der Waals surface area contributed by atoms with Gasteiger partial charge in [0.2, 0.25) is 0 Å². The van der Waals surface area contributed by atoms with Crippen molar-refractivity contribution in [2.24, 2.45) is 10.4 Å². The molecule has 1 N–H and O–H groups in total. The maximum absolute atomic E-state index is 5.88. The normalized spacial score (nSPS) is 19.4. The largest absolute Gasteiger partial charge is 0.489 e. The zero-order chi connectivity index (χ0) is 15.3. The number of benzene rings is 1. The highest BCUT2D eigenvalue weighted by Crippen LogP contribution is 2.28. The predicted molar refractivity (Wildman–Crippen MR) is 87.9 cm³/mol. The fraction of sp³-hybridized carbons (Fsp3) is 0.588. The maximum atomic E-state index is 5.88. The number of likely N-dealkylation sites (tertiary alicyclic amines) is 1. The van der Waals surface area contributed by atoms with E-state index in [9.17, 15) is 0 Å². The maximum Gasteiger partial charge on any atom is 0.193 e. The Morgan fingerprint density at radius 3 is 2.67 bits per heavy atom. The third-order valence-corrected chi connectivity index (χ3v) is 3.82. The smallest absolute Gasteiger partial charge is 0.193 e. The van der Waals surface area contributed by atoms with Crippen LogP contribution in [0.5, 0.6) is 5.75 Å². The van der Waals surface area contributed by atoms with E-state index in [-0.39, 0.29) is 6.10 Å². The summed E-state index contributed by atoms with van der Waals surface area (Å²) in [6.45, 7) is 9.56. The van der Waals surface area contributed by atoms with Gasteiger partial charge >= 0.3 is 0 Å². The van der Waals surface area contributed by atoms with Crippen LogP contribution in [-0.4, -0.2) is 43.6 Å². The molecule has 1 fully saturated rings. The number of guanidine groups is 1. The van der Waals surface area contributed by atoms with E-state index in [1.807, 2.05) is 37.4 Å². The summed E-state index contributed by atoms with van der Waals surface area (Å²) in [5, 5.41) is 3.42. The number of nitrogens with one attached hydrogen (secondary N) is 1. The Morgan fingerprint density at radius 1 is 1.38 bits per heavy atom. The van der Waals surface area contributed by atoms with Gasteiger partial charge in [0.05, 0.1) is 6.54 Å². The van der Waals surface area contributed by atoms with E-state index < -0.39 is 0 Å². The number of para-hydroxylation sites is 1. The van der Waals surface area contributed by atoms with Crippen molar-refractivity contribution in [1.29, 1.82) is 0 Å². The van der Waals surface area contributed by atoms with Crippen LogP contribution in [0.25, 0.3) is 0 Å². The number of hydrogen-bond donors (Lipinski definition) is 1. The Kier molecular flexibility index (Phi) is 5.10. The van der Waals surface area contributed by atoms with Gasteiger partial charge < -0.3 is 15.0 Å². The summed E-state index contributed by atoms with van der Waals surface area (Å²) in [6, 6.07) is 9.93. The van der Waals surface area contributed by atoms with Crippen molar-refractivity contribution < 1.29 is 4.74 Å². The fourth-order valence-corrected chi connectivity index (χ4v) is 2.63. The lowest BCUT2D eigenvalue weighted by Crippen LogP contribution is -2.44. The summed E-state index contributed by atoms with van der Waals surface area (Å²) in [5.41, 5.74) is 0.379. The number of aliphatic imine (C=N–C) groups is 1. The Labute approximate surface area is 128 Å². The molecule has 2 rings (SSSR count). The first-order valence-electron chi connectivity index (χ1n) is 7.67. The molecule has 0 aromatic heterocycles. The highest BCUT2D eigenvalue weighted by atomic mass is 16.5. The van der Waals surface area contributed by atoms with Crippen molar-refractivity contribution in [3.05, 3.63) is 30.3 Å². The highest BCUT2D eigenvalue weighted by molar-refractivity contribution is 5.80. The van der Waals surface area contributed by atoms with Gasteiger partial charge in [-0.2, -0.15) is 0 Å². The first-order valence-corrected chi connectivity index (χ1v) is 7.67. The predicted octanol–water partition coefficient (Wildman–Crippen LogP) is 2.76. The monoisotopic (exact) mass is 289 g/mol. The minimum Gasteiger partial charge on any atom is -0.489 e. The fourth-order valence-electron chi connectivity index (χ4n) is 2.63. The lowest BCUT2D eigenvalue weighted by Gasteiger charge is -2.25. The lowest BCUT2D eigenvalue weighted by molar-refractivity contribution is 0.222. The second-order valence-electron chi connectivity index (χ2n) is 6.51. The molecule has 0 saturated carbocycles. The number of nitrogens with zero attached hydrogens (tertiary/aromatic N) is 2. The molecule has 0 radical (unpaired) electrons. The van der Waals surface area contributed by atoms with Gasteiger partial charge in [-0.3, -0.25) is 4.99 Å². The molecule has 1 atom stereocenters. The first kappa shape index (κ1) is 15.7. The van der Waals surface area contributed by atoms with E-state index in [1.165, 1.54) is 6.42 Å². The summed E-state index contributed by atoms with van der Waals surface area (Å²) < 4.78 is 5.88. The second-order valence-corrected chi connectivity index (χ2v) is 6.51. The second kappa shape index (κ2) is 6.83. The zero-order valence-electron chi connectivity index (χ0n) is 13.6. The van der Waals surface area contributed by atoms with E-state index in [0.29, 0.717) is 5.41 Å². The van der Waals surface area contributed by atoms with Crippen LogP contribution in [0.15, 0.2) is 35.3 Å². The molecule has 4 nitrogen and oxygen atoms in total. The minimum absolute atomic E-state index is 0.0970. The van der Waals surface area contributed by atoms with Gasteiger partial charge in [0, 0.05) is 20.1 Å². The summed E-state index contributed by atoms with van der Waals surface area (Å²) in [6.07, 6.45) is 1.31. The standard InChI is InChI=1S/C17H27N3O/c1-14(21-15-8-6-5-7-9-15)12-19-16(18-4)20-11-10-17(2,3)13-20/h5-9,14H,10-13H2,1-4H3,(H,18,19). The van der Waals surface area contributed by atoms with E-state index in [1.54, 1.807) is 0 Å². The Morgan fingerprint density at radius 2 is 2.10 bits per heavy atom. The Balaban J connectivity index is 1.81. The van der Waals surface area contributed by atoms with Crippen LogP contribution in [0.3, 0.4) is 0 Å². The lowest BCUT2D eigenvalue weighted by atomic mass is 9.93. The first-order chi connectivity index (χ1) is 10.00. The van der Waals surface area contributed by atoms with Crippen molar-refractivity contribution in [3.8, 4) is 5.75 Å². The van der Waals surface area contributed by atoms with Gasteiger partial charge in [-0.05, 0) is 30.9 Å². The minimum atomic E-state index is 0.0970. The molecular formula is C17H27N3O.